The Kier molecular flexibility index (Phi) is 3.51. The molecule has 0 amide bonds. The Morgan fingerprint density at radius 3 is 2.25 bits per heavy atom. The van der Waals surface area contributed by atoms with Crippen molar-refractivity contribution in [3.05, 3.63) is 0 Å². The molecule has 9 heteroatoms. The summed E-state index contributed by atoms with van der Waals surface area (Å²) in [6.45, 7) is -2.97. The molecule has 1 aliphatic rings. The van der Waals surface area contributed by atoms with Gasteiger partial charge in [-0.3, -0.25) is 4.52 Å². The quantitative estimate of drug-likeness (QED) is 0.307. The van der Waals surface area contributed by atoms with Gasteiger partial charge >= 0.3 is 7.82 Å². The summed E-state index contributed by atoms with van der Waals surface area (Å²) >= 11 is 0. The third-order valence-electron chi connectivity index (χ3n) is 2.32. The molecule has 0 spiro atoms. The van der Waals surface area contributed by atoms with Crippen molar-refractivity contribution in [3.8, 4) is 0 Å². The first kappa shape index (κ1) is 11.1. The molecule has 0 aromatic rings. The van der Waals surface area contributed by atoms with Gasteiger partial charge in [0.25, 0.3) is 0 Å². The van der Waals surface area contributed by atoms with E-state index >= 15 is 0 Å². The zero-order valence-electron chi connectivity index (χ0n) is 10.0. The van der Waals surface area contributed by atoms with E-state index in [0.717, 1.165) is 0 Å². The molecule has 1 fully saturated rings. The molecule has 16 heavy (non-hydrogen) atoms. The molecule has 0 aromatic heterocycles. The van der Waals surface area contributed by atoms with Crippen LogP contribution in [0.3, 0.4) is 0 Å². The van der Waals surface area contributed by atoms with Gasteiger partial charge in [-0.2, -0.15) is 0 Å². The smallest absolute Gasteiger partial charge is 0.390 e. The first-order chi connectivity index (χ1) is 7.96. The van der Waals surface area contributed by atoms with Crippen LogP contribution in [0.15, 0.2) is 0 Å². The molecule has 0 aromatic carbocycles. The van der Waals surface area contributed by atoms with E-state index in [9.17, 15) is 25.0 Å². The molecule has 96 valence electrons. The maximum Gasteiger partial charge on any atom is 0.469 e. The SMILES string of the molecule is [2H]C([2H])(OP(=O)(O)O)[C@H]1C[C@@H](O)[C@H](O)[C@@H](O)[C@@H]1O. The topological polar surface area (TPSA) is 148 Å². The third-order valence-corrected chi connectivity index (χ3v) is 2.67. The summed E-state index contributed by atoms with van der Waals surface area (Å²) in [5.41, 5.74) is 0. The molecule has 6 N–H and O–H groups in total. The lowest BCUT2D eigenvalue weighted by Crippen LogP contribution is -2.54. The van der Waals surface area contributed by atoms with Gasteiger partial charge in [0.2, 0.25) is 0 Å². The van der Waals surface area contributed by atoms with Crippen LogP contribution in [-0.2, 0) is 9.09 Å². The summed E-state index contributed by atoms with van der Waals surface area (Å²) in [7, 11) is -5.15. The number of hydrogen-bond acceptors (Lipinski definition) is 6. The van der Waals surface area contributed by atoms with Gasteiger partial charge in [-0.1, -0.05) is 0 Å². The lowest BCUT2D eigenvalue weighted by Gasteiger charge is -2.38. The van der Waals surface area contributed by atoms with Gasteiger partial charge in [0.1, 0.15) is 12.2 Å². The second kappa shape index (κ2) is 5.07. The first-order valence-electron chi connectivity index (χ1n) is 5.44. The van der Waals surface area contributed by atoms with Crippen LogP contribution >= 0.6 is 7.82 Å². The Hall–Kier alpha value is -0.0500. The Balaban J connectivity index is 2.91. The van der Waals surface area contributed by atoms with E-state index in [1.165, 1.54) is 0 Å². The van der Waals surface area contributed by atoms with Crippen molar-refractivity contribution < 1.29 is 42.0 Å². The summed E-state index contributed by atoms with van der Waals surface area (Å²) in [5.74, 6) is -1.60. The van der Waals surface area contributed by atoms with Gasteiger partial charge in [0.05, 0.1) is 21.5 Å². The minimum Gasteiger partial charge on any atom is -0.390 e. The Bertz CT molecular complexity index is 346. The summed E-state index contributed by atoms with van der Waals surface area (Å²) in [4.78, 5) is 17.1. The maximum atomic E-state index is 10.6. The van der Waals surface area contributed by atoms with Crippen LogP contribution in [0.1, 0.15) is 9.16 Å². The summed E-state index contributed by atoms with van der Waals surface area (Å²) in [6.07, 6.45) is -7.39. The van der Waals surface area contributed by atoms with Gasteiger partial charge in [0, 0.05) is 5.92 Å². The summed E-state index contributed by atoms with van der Waals surface area (Å²) in [5, 5.41) is 37.6. The average molecular weight is 260 g/mol. The number of aliphatic hydroxyl groups is 4. The second-order valence-electron chi connectivity index (χ2n) is 3.58. The fraction of sp³-hybridized carbons (Fsp3) is 1.00. The average Bonchev–Trinajstić information content (AvgIpc) is 2.16. The highest BCUT2D eigenvalue weighted by molar-refractivity contribution is 7.46. The molecule has 1 aliphatic carbocycles. The maximum absolute atomic E-state index is 10.6. The number of aliphatic hydroxyl groups excluding tert-OH is 4. The number of rotatable bonds is 3. The summed E-state index contributed by atoms with van der Waals surface area (Å²) in [6, 6.07) is 0. The molecule has 0 radical (unpaired) electrons. The Morgan fingerprint density at radius 1 is 1.19 bits per heavy atom. The number of hydrogen-bond donors (Lipinski definition) is 6. The van der Waals surface area contributed by atoms with Crippen molar-refractivity contribution in [3.63, 3.8) is 0 Å². The molecule has 0 saturated heterocycles. The molecular weight excluding hydrogens is 243 g/mol. The predicted molar refractivity (Wildman–Crippen MR) is 50.1 cm³/mol. The highest BCUT2D eigenvalue weighted by atomic mass is 31.2. The van der Waals surface area contributed by atoms with E-state index in [2.05, 4.69) is 4.52 Å². The van der Waals surface area contributed by atoms with Crippen LogP contribution in [0.4, 0.5) is 0 Å². The van der Waals surface area contributed by atoms with Crippen molar-refractivity contribution in [1.82, 2.24) is 0 Å². The molecule has 0 heterocycles. The van der Waals surface area contributed by atoms with E-state index in [1.807, 2.05) is 0 Å². The zero-order chi connectivity index (χ0) is 14.3. The van der Waals surface area contributed by atoms with E-state index in [4.69, 9.17) is 12.5 Å². The van der Waals surface area contributed by atoms with E-state index in [1.54, 1.807) is 0 Å². The van der Waals surface area contributed by atoms with E-state index < -0.39 is 51.1 Å². The fourth-order valence-electron chi connectivity index (χ4n) is 1.46. The van der Waals surface area contributed by atoms with Gasteiger partial charge in [-0.25, -0.2) is 4.57 Å². The standard InChI is InChI=1S/C7H15O8P/c8-4-1-3(2-15-16(12,13)14)5(9)7(11)6(4)10/h3-11H,1-2H2,(H2,12,13,14)/t3-,4-,5-,6+,7+/m1/s1/i2D2. The Labute approximate surface area is 94.2 Å². The molecule has 1 rings (SSSR count). The monoisotopic (exact) mass is 260 g/mol. The van der Waals surface area contributed by atoms with Crippen LogP contribution < -0.4 is 0 Å². The molecule has 1 saturated carbocycles. The van der Waals surface area contributed by atoms with Crippen LogP contribution in [-0.4, -0.2) is 61.2 Å². The van der Waals surface area contributed by atoms with Gasteiger partial charge in [-0.05, 0) is 6.42 Å². The van der Waals surface area contributed by atoms with Crippen molar-refractivity contribution in [1.29, 1.82) is 0 Å². The second-order valence-corrected chi connectivity index (χ2v) is 4.74. The van der Waals surface area contributed by atoms with Crippen LogP contribution in [0.2, 0.25) is 0 Å². The number of phosphoric ester groups is 1. The van der Waals surface area contributed by atoms with Crippen LogP contribution in [0.5, 0.6) is 0 Å². The normalized spacial score (nSPS) is 43.8. The molecule has 0 aliphatic heterocycles. The van der Waals surface area contributed by atoms with Gasteiger partial charge in [0.15, 0.2) is 0 Å². The largest absolute Gasteiger partial charge is 0.469 e. The molecular formula is C7H15O8P. The van der Waals surface area contributed by atoms with Crippen molar-refractivity contribution in [2.45, 2.75) is 30.8 Å². The molecule has 0 unspecified atom stereocenters. The number of phosphoric acid groups is 1. The molecule has 5 atom stereocenters. The third kappa shape index (κ3) is 3.47. The van der Waals surface area contributed by atoms with Gasteiger partial charge in [-0.15, -0.1) is 0 Å². The fourth-order valence-corrected chi connectivity index (χ4v) is 1.73. The Morgan fingerprint density at radius 2 is 1.75 bits per heavy atom. The van der Waals surface area contributed by atoms with Crippen molar-refractivity contribution >= 4 is 7.82 Å². The highest BCUT2D eigenvalue weighted by Gasteiger charge is 2.42. The summed E-state index contributed by atoms with van der Waals surface area (Å²) < 4.78 is 29.2. The molecule has 8 nitrogen and oxygen atoms in total. The minimum absolute atomic E-state index is 0.521. The molecule has 0 bridgehead atoms. The van der Waals surface area contributed by atoms with E-state index in [0.29, 0.717) is 0 Å². The lowest BCUT2D eigenvalue weighted by atomic mass is 9.81. The van der Waals surface area contributed by atoms with Crippen LogP contribution in [0.25, 0.3) is 0 Å². The minimum atomic E-state index is -5.15. The van der Waals surface area contributed by atoms with Crippen molar-refractivity contribution in [2.75, 3.05) is 6.56 Å². The first-order valence-corrected chi connectivity index (χ1v) is 5.97. The van der Waals surface area contributed by atoms with Crippen LogP contribution in [0, 0.1) is 5.92 Å². The zero-order valence-corrected chi connectivity index (χ0v) is 8.94. The van der Waals surface area contributed by atoms with Crippen molar-refractivity contribution in [2.24, 2.45) is 5.92 Å². The highest BCUT2D eigenvalue weighted by Crippen LogP contribution is 2.38. The predicted octanol–water partition coefficient (Wildman–Crippen LogP) is -2.44. The lowest BCUT2D eigenvalue weighted by molar-refractivity contribution is -0.162. The van der Waals surface area contributed by atoms with E-state index in [-0.39, 0.29) is 0 Å². The van der Waals surface area contributed by atoms with Gasteiger partial charge < -0.3 is 30.2 Å².